The molecule has 26 heavy (non-hydrogen) atoms. The summed E-state index contributed by atoms with van der Waals surface area (Å²) in [5, 5.41) is 0.286. The van der Waals surface area contributed by atoms with Gasteiger partial charge in [-0.15, -0.1) is 0 Å². The normalized spacial score (nSPS) is 11.0. The highest BCUT2D eigenvalue weighted by Gasteiger charge is 2.17. The SMILES string of the molecule is O=C(/C=C/c1ccccc1)N(Cc1ccco1)Cc1c(F)cccc1Cl. The van der Waals surface area contributed by atoms with Crippen LogP contribution in [0, 0.1) is 5.82 Å². The Labute approximate surface area is 156 Å². The van der Waals surface area contributed by atoms with Gasteiger partial charge < -0.3 is 9.32 Å². The van der Waals surface area contributed by atoms with E-state index >= 15 is 0 Å². The Morgan fingerprint density at radius 3 is 2.54 bits per heavy atom. The molecule has 0 aliphatic carbocycles. The van der Waals surface area contributed by atoms with Crippen LogP contribution in [0.15, 0.2) is 77.4 Å². The van der Waals surface area contributed by atoms with Gasteiger partial charge in [0.2, 0.25) is 5.91 Å². The Morgan fingerprint density at radius 1 is 1.04 bits per heavy atom. The minimum Gasteiger partial charge on any atom is -0.467 e. The molecule has 0 spiro atoms. The molecule has 0 N–H and O–H groups in total. The van der Waals surface area contributed by atoms with Gasteiger partial charge in [-0.2, -0.15) is 0 Å². The molecular weight excluding hydrogens is 353 g/mol. The highest BCUT2D eigenvalue weighted by Crippen LogP contribution is 2.22. The first kappa shape index (κ1) is 18.0. The molecule has 0 unspecified atom stereocenters. The molecule has 2 aromatic carbocycles. The van der Waals surface area contributed by atoms with Crippen molar-refractivity contribution < 1.29 is 13.6 Å². The van der Waals surface area contributed by atoms with E-state index in [2.05, 4.69) is 0 Å². The standard InChI is InChI=1S/C21H17ClFNO2/c22-19-9-4-10-20(23)18(19)15-24(14-17-8-5-13-26-17)21(25)12-11-16-6-2-1-3-7-16/h1-13H,14-15H2/b12-11+. The van der Waals surface area contributed by atoms with E-state index in [0.29, 0.717) is 5.76 Å². The van der Waals surface area contributed by atoms with Gasteiger partial charge in [-0.1, -0.05) is 48.0 Å². The van der Waals surface area contributed by atoms with E-state index in [-0.39, 0.29) is 29.6 Å². The molecule has 0 atom stereocenters. The van der Waals surface area contributed by atoms with Crippen LogP contribution in [0.3, 0.4) is 0 Å². The molecule has 0 saturated heterocycles. The van der Waals surface area contributed by atoms with Gasteiger partial charge in [0.15, 0.2) is 0 Å². The Kier molecular flexibility index (Phi) is 5.87. The molecule has 0 saturated carbocycles. The van der Waals surface area contributed by atoms with E-state index in [4.69, 9.17) is 16.0 Å². The smallest absolute Gasteiger partial charge is 0.247 e. The van der Waals surface area contributed by atoms with Crippen LogP contribution < -0.4 is 0 Å². The van der Waals surface area contributed by atoms with Crippen molar-refractivity contribution >= 4 is 23.6 Å². The van der Waals surface area contributed by atoms with Crippen LogP contribution in [-0.4, -0.2) is 10.8 Å². The fraction of sp³-hybridized carbons (Fsp3) is 0.0952. The van der Waals surface area contributed by atoms with E-state index < -0.39 is 5.82 Å². The molecule has 0 fully saturated rings. The maximum Gasteiger partial charge on any atom is 0.247 e. The lowest BCUT2D eigenvalue weighted by molar-refractivity contribution is -0.127. The summed E-state index contributed by atoms with van der Waals surface area (Å²) in [6.07, 6.45) is 4.72. The number of carbonyl (C=O) groups excluding carboxylic acids is 1. The van der Waals surface area contributed by atoms with Crippen LogP contribution in [0.2, 0.25) is 5.02 Å². The predicted octanol–water partition coefficient (Wildman–Crippen LogP) is 5.31. The van der Waals surface area contributed by atoms with Gasteiger partial charge in [0, 0.05) is 16.7 Å². The second kappa shape index (κ2) is 8.50. The van der Waals surface area contributed by atoms with Crippen molar-refractivity contribution in [2.45, 2.75) is 13.1 Å². The maximum atomic E-state index is 14.1. The third-order valence-electron chi connectivity index (χ3n) is 3.87. The molecule has 0 aliphatic rings. The number of hydrogen-bond acceptors (Lipinski definition) is 2. The Hall–Kier alpha value is -2.85. The van der Waals surface area contributed by atoms with Crippen molar-refractivity contribution in [2.75, 3.05) is 0 Å². The number of nitrogens with zero attached hydrogens (tertiary/aromatic N) is 1. The lowest BCUT2D eigenvalue weighted by atomic mass is 10.1. The zero-order chi connectivity index (χ0) is 18.4. The van der Waals surface area contributed by atoms with E-state index in [1.807, 2.05) is 30.3 Å². The molecule has 0 bridgehead atoms. The van der Waals surface area contributed by atoms with Gasteiger partial charge in [-0.25, -0.2) is 4.39 Å². The second-order valence-corrected chi connectivity index (χ2v) is 6.13. The molecular formula is C21H17ClFNO2. The van der Waals surface area contributed by atoms with Gasteiger partial charge in [0.25, 0.3) is 0 Å². The van der Waals surface area contributed by atoms with Crippen LogP contribution in [0.5, 0.6) is 0 Å². The highest BCUT2D eigenvalue weighted by atomic mass is 35.5. The minimum absolute atomic E-state index is 0.0458. The third kappa shape index (κ3) is 4.61. The summed E-state index contributed by atoms with van der Waals surface area (Å²) < 4.78 is 19.5. The first-order chi connectivity index (χ1) is 12.6. The van der Waals surface area contributed by atoms with Gasteiger partial charge in [0.1, 0.15) is 11.6 Å². The average Bonchev–Trinajstić information content (AvgIpc) is 3.16. The minimum atomic E-state index is -0.443. The number of carbonyl (C=O) groups is 1. The van der Waals surface area contributed by atoms with Gasteiger partial charge >= 0.3 is 0 Å². The van der Waals surface area contributed by atoms with Crippen LogP contribution in [0.4, 0.5) is 4.39 Å². The van der Waals surface area contributed by atoms with Crippen molar-refractivity contribution in [3.05, 3.63) is 101 Å². The Morgan fingerprint density at radius 2 is 1.85 bits per heavy atom. The monoisotopic (exact) mass is 369 g/mol. The topological polar surface area (TPSA) is 33.5 Å². The number of halogens is 2. The van der Waals surface area contributed by atoms with Crippen molar-refractivity contribution in [2.24, 2.45) is 0 Å². The third-order valence-corrected chi connectivity index (χ3v) is 4.22. The summed E-state index contributed by atoms with van der Waals surface area (Å²) in [5.74, 6) is -0.0923. The Bertz CT molecular complexity index is 871. The summed E-state index contributed by atoms with van der Waals surface area (Å²) in [6, 6.07) is 17.5. The summed E-state index contributed by atoms with van der Waals surface area (Å²) in [4.78, 5) is 14.2. The quantitative estimate of drug-likeness (QED) is 0.551. The predicted molar refractivity (Wildman–Crippen MR) is 99.8 cm³/mol. The molecule has 0 aliphatic heterocycles. The van der Waals surface area contributed by atoms with Crippen molar-refractivity contribution in [1.82, 2.24) is 4.90 Å². The van der Waals surface area contributed by atoms with Crippen molar-refractivity contribution in [1.29, 1.82) is 0 Å². The molecule has 5 heteroatoms. The van der Waals surface area contributed by atoms with Crippen molar-refractivity contribution in [3.8, 4) is 0 Å². The molecule has 3 aromatic rings. The zero-order valence-corrected chi connectivity index (χ0v) is 14.7. The van der Waals surface area contributed by atoms with Gasteiger partial charge in [-0.05, 0) is 35.9 Å². The zero-order valence-electron chi connectivity index (χ0n) is 13.9. The molecule has 1 heterocycles. The van der Waals surface area contributed by atoms with Gasteiger partial charge in [0.05, 0.1) is 19.4 Å². The molecule has 3 nitrogen and oxygen atoms in total. The highest BCUT2D eigenvalue weighted by molar-refractivity contribution is 6.31. The van der Waals surface area contributed by atoms with E-state index in [9.17, 15) is 9.18 Å². The number of amides is 1. The van der Waals surface area contributed by atoms with E-state index in [1.165, 1.54) is 29.4 Å². The van der Waals surface area contributed by atoms with Gasteiger partial charge in [-0.3, -0.25) is 4.79 Å². The lowest BCUT2D eigenvalue weighted by Crippen LogP contribution is -2.29. The summed E-state index contributed by atoms with van der Waals surface area (Å²) in [5.41, 5.74) is 1.19. The van der Waals surface area contributed by atoms with Crippen LogP contribution in [0.1, 0.15) is 16.9 Å². The summed E-state index contributed by atoms with van der Waals surface area (Å²) in [7, 11) is 0. The largest absolute Gasteiger partial charge is 0.467 e. The summed E-state index contributed by atoms with van der Waals surface area (Å²) in [6.45, 7) is 0.264. The molecule has 132 valence electrons. The number of furan rings is 1. The van der Waals surface area contributed by atoms with Crippen LogP contribution in [-0.2, 0) is 17.9 Å². The number of benzene rings is 2. The summed E-state index contributed by atoms with van der Waals surface area (Å²) >= 11 is 6.11. The molecule has 1 aromatic heterocycles. The van der Waals surface area contributed by atoms with E-state index in [1.54, 1.807) is 24.3 Å². The Balaban J connectivity index is 1.83. The van der Waals surface area contributed by atoms with Crippen LogP contribution in [0.25, 0.3) is 6.08 Å². The second-order valence-electron chi connectivity index (χ2n) is 5.72. The van der Waals surface area contributed by atoms with E-state index in [0.717, 1.165) is 5.56 Å². The molecule has 0 radical (unpaired) electrons. The fourth-order valence-electron chi connectivity index (χ4n) is 2.51. The fourth-order valence-corrected chi connectivity index (χ4v) is 2.74. The lowest BCUT2D eigenvalue weighted by Gasteiger charge is -2.21. The number of rotatable bonds is 6. The number of hydrogen-bond donors (Lipinski definition) is 0. The first-order valence-corrected chi connectivity index (χ1v) is 8.48. The van der Waals surface area contributed by atoms with Crippen molar-refractivity contribution in [3.63, 3.8) is 0 Å². The maximum absolute atomic E-state index is 14.1. The average molecular weight is 370 g/mol. The van der Waals surface area contributed by atoms with Crippen LogP contribution >= 0.6 is 11.6 Å². The molecule has 3 rings (SSSR count). The first-order valence-electron chi connectivity index (χ1n) is 8.11. The molecule has 1 amide bonds.